The number of nitrogens with zero attached hydrogens (tertiary/aromatic N) is 5. The van der Waals surface area contributed by atoms with Crippen molar-refractivity contribution >= 4 is 28.7 Å². The number of rotatable bonds is 7. The van der Waals surface area contributed by atoms with Gasteiger partial charge in [-0.3, -0.25) is 14.2 Å². The number of nitrogens with two attached hydrogens (primary N) is 1. The molecule has 37 heavy (non-hydrogen) atoms. The number of imidazole rings is 1. The Balaban J connectivity index is 1.75. The van der Waals surface area contributed by atoms with Gasteiger partial charge in [0.25, 0.3) is 5.91 Å². The Morgan fingerprint density at radius 2 is 2.14 bits per heavy atom. The van der Waals surface area contributed by atoms with E-state index in [0.29, 0.717) is 17.6 Å². The third kappa shape index (κ3) is 4.75. The highest BCUT2D eigenvalue weighted by molar-refractivity contribution is 6.00. The third-order valence-electron chi connectivity index (χ3n) is 6.14. The molecule has 0 spiro atoms. The zero-order chi connectivity index (χ0) is 26.9. The average molecular weight is 515 g/mol. The van der Waals surface area contributed by atoms with Gasteiger partial charge in [-0.2, -0.15) is 13.9 Å². The van der Waals surface area contributed by atoms with Crippen molar-refractivity contribution in [1.29, 1.82) is 0 Å². The lowest BCUT2D eigenvalue weighted by Crippen LogP contribution is -2.37. The van der Waals surface area contributed by atoms with Crippen LogP contribution in [0.15, 0.2) is 31.1 Å². The molecule has 3 aromatic rings. The van der Waals surface area contributed by atoms with E-state index in [0.717, 1.165) is 12.4 Å². The predicted octanol–water partition coefficient (Wildman–Crippen LogP) is 2.28. The number of likely N-dealkylation sites (tertiary alicyclic amines) is 1. The first-order valence-corrected chi connectivity index (χ1v) is 11.2. The molecule has 194 valence electrons. The van der Waals surface area contributed by atoms with Gasteiger partial charge >= 0.3 is 6.55 Å². The van der Waals surface area contributed by atoms with Gasteiger partial charge in [-0.25, -0.2) is 14.1 Å². The number of ether oxygens (including phenoxy) is 1. The van der Waals surface area contributed by atoms with Crippen LogP contribution in [0.4, 0.5) is 19.0 Å². The van der Waals surface area contributed by atoms with Crippen molar-refractivity contribution in [2.45, 2.75) is 25.1 Å². The highest BCUT2D eigenvalue weighted by Gasteiger charge is 2.37. The van der Waals surface area contributed by atoms with Crippen molar-refractivity contribution in [1.82, 2.24) is 24.2 Å². The number of anilines is 1. The van der Waals surface area contributed by atoms with Gasteiger partial charge in [-0.05, 0) is 24.5 Å². The summed E-state index contributed by atoms with van der Waals surface area (Å²) in [7, 11) is 3.11. The highest BCUT2D eigenvalue weighted by Crippen LogP contribution is 2.32. The molecule has 0 saturated carbocycles. The van der Waals surface area contributed by atoms with Crippen molar-refractivity contribution in [2.24, 2.45) is 5.73 Å². The quantitative estimate of drug-likeness (QED) is 0.368. The molecular formula is C24H24F3N7O3. The van der Waals surface area contributed by atoms with Crippen LogP contribution in [0, 0.1) is 17.7 Å². The third-order valence-corrected chi connectivity index (χ3v) is 6.14. The van der Waals surface area contributed by atoms with Crippen molar-refractivity contribution < 1.29 is 27.5 Å². The number of alkyl halides is 2. The minimum atomic E-state index is -2.87. The summed E-state index contributed by atoms with van der Waals surface area (Å²) >= 11 is 0. The second-order valence-corrected chi connectivity index (χ2v) is 8.32. The van der Waals surface area contributed by atoms with Gasteiger partial charge in [0.15, 0.2) is 5.69 Å². The molecule has 1 aliphatic rings. The van der Waals surface area contributed by atoms with E-state index in [2.05, 4.69) is 33.8 Å². The molecule has 2 atom stereocenters. The summed E-state index contributed by atoms with van der Waals surface area (Å²) in [5, 5.41) is 7.38. The Morgan fingerprint density at radius 1 is 1.38 bits per heavy atom. The summed E-state index contributed by atoms with van der Waals surface area (Å²) in [4.78, 5) is 30.2. The molecule has 2 aromatic heterocycles. The molecule has 13 heteroatoms. The lowest BCUT2D eigenvalue weighted by Gasteiger charge is -2.22. The number of halogens is 3. The van der Waals surface area contributed by atoms with Crippen LogP contribution in [0.25, 0.3) is 11.0 Å². The van der Waals surface area contributed by atoms with Crippen LogP contribution in [0.1, 0.15) is 40.6 Å². The molecule has 4 rings (SSSR count). The normalized spacial score (nSPS) is 17.2. The Kier molecular flexibility index (Phi) is 7.21. The first kappa shape index (κ1) is 25.8. The average Bonchev–Trinajstić information content (AvgIpc) is 3.56. The second kappa shape index (κ2) is 10.4. The Morgan fingerprint density at radius 3 is 2.76 bits per heavy atom. The standard InChI is InChI=1S/C24H24F3N7O3/c1-4-20(35)32-10-14(8-15(32)11-37-3)34-23(29-2)21(22(28)36)17(31-34)6-5-13-7-18-19(9-16(13)25)33(12-30-18)24(26)27/h4,7,9,12,14-15,24,29H,1,8,10-11H2,2-3H3,(H2,28,36)/t14-,15+/m0/s1. The molecule has 1 aromatic carbocycles. The van der Waals surface area contributed by atoms with Crippen LogP contribution in [-0.4, -0.2) is 69.4 Å². The summed E-state index contributed by atoms with van der Waals surface area (Å²) in [6.45, 7) is 1.24. The van der Waals surface area contributed by atoms with E-state index < -0.39 is 18.3 Å². The molecule has 3 N–H and O–H groups in total. The van der Waals surface area contributed by atoms with Gasteiger partial charge < -0.3 is 20.7 Å². The van der Waals surface area contributed by atoms with Gasteiger partial charge in [0.2, 0.25) is 5.91 Å². The number of nitrogens with one attached hydrogen (secondary N) is 1. The number of benzene rings is 1. The number of carbonyl (C=O) groups excluding carboxylic acids is 2. The Labute approximate surface area is 209 Å². The second-order valence-electron chi connectivity index (χ2n) is 8.32. The van der Waals surface area contributed by atoms with Crippen molar-refractivity contribution in [2.75, 3.05) is 32.6 Å². The molecule has 1 saturated heterocycles. The maximum Gasteiger partial charge on any atom is 0.320 e. The van der Waals surface area contributed by atoms with Gasteiger partial charge in [-0.15, -0.1) is 0 Å². The van der Waals surface area contributed by atoms with Gasteiger partial charge in [0, 0.05) is 26.8 Å². The fourth-order valence-electron chi connectivity index (χ4n) is 4.49. The zero-order valence-corrected chi connectivity index (χ0v) is 20.0. The van der Waals surface area contributed by atoms with Gasteiger partial charge in [-0.1, -0.05) is 12.5 Å². The highest BCUT2D eigenvalue weighted by atomic mass is 19.3. The van der Waals surface area contributed by atoms with Crippen LogP contribution >= 0.6 is 0 Å². The molecule has 1 aliphatic heterocycles. The minimum Gasteiger partial charge on any atom is -0.383 e. The van der Waals surface area contributed by atoms with Crippen LogP contribution in [-0.2, 0) is 9.53 Å². The molecule has 0 bridgehead atoms. The van der Waals surface area contributed by atoms with Crippen LogP contribution in [0.5, 0.6) is 0 Å². The van der Waals surface area contributed by atoms with Gasteiger partial charge in [0.05, 0.1) is 35.3 Å². The molecule has 0 aliphatic carbocycles. The fraction of sp³-hybridized carbons (Fsp3) is 0.333. The number of methoxy groups -OCH3 is 1. The number of fused-ring (bicyclic) bond motifs is 1. The minimum absolute atomic E-state index is 0.00440. The molecule has 0 radical (unpaired) electrons. The summed E-state index contributed by atoms with van der Waals surface area (Å²) < 4.78 is 48.2. The van der Waals surface area contributed by atoms with E-state index in [4.69, 9.17) is 10.5 Å². The van der Waals surface area contributed by atoms with Crippen molar-refractivity contribution in [3.63, 3.8) is 0 Å². The molecule has 10 nitrogen and oxygen atoms in total. The fourth-order valence-corrected chi connectivity index (χ4v) is 4.49. The first-order valence-electron chi connectivity index (χ1n) is 11.2. The molecule has 0 unspecified atom stereocenters. The van der Waals surface area contributed by atoms with E-state index in [-0.39, 0.29) is 58.2 Å². The number of hydrogen-bond acceptors (Lipinski definition) is 6. The molecular weight excluding hydrogens is 491 g/mol. The maximum atomic E-state index is 14.7. The topological polar surface area (TPSA) is 120 Å². The van der Waals surface area contributed by atoms with E-state index in [9.17, 15) is 22.8 Å². The number of primary amides is 1. The van der Waals surface area contributed by atoms with E-state index in [1.54, 1.807) is 11.9 Å². The molecule has 1 fully saturated rings. The van der Waals surface area contributed by atoms with E-state index >= 15 is 0 Å². The first-order chi connectivity index (χ1) is 17.7. The number of carbonyl (C=O) groups is 2. The number of amides is 2. The summed E-state index contributed by atoms with van der Waals surface area (Å²) in [5.41, 5.74) is 5.54. The predicted molar refractivity (Wildman–Crippen MR) is 128 cm³/mol. The zero-order valence-electron chi connectivity index (χ0n) is 20.0. The van der Waals surface area contributed by atoms with Crippen LogP contribution in [0.2, 0.25) is 0 Å². The Hall–Kier alpha value is -4.31. The summed E-state index contributed by atoms with van der Waals surface area (Å²) in [5.74, 6) is 3.66. The largest absolute Gasteiger partial charge is 0.383 e. The van der Waals surface area contributed by atoms with Crippen molar-refractivity contribution in [3.8, 4) is 11.8 Å². The lowest BCUT2D eigenvalue weighted by atomic mass is 10.1. The van der Waals surface area contributed by atoms with Crippen LogP contribution < -0.4 is 11.1 Å². The molecule has 3 heterocycles. The van der Waals surface area contributed by atoms with Crippen molar-refractivity contribution in [3.05, 3.63) is 53.8 Å². The van der Waals surface area contributed by atoms with Gasteiger partial charge in [0.1, 0.15) is 23.5 Å². The number of hydrogen-bond donors (Lipinski definition) is 2. The van der Waals surface area contributed by atoms with E-state index in [1.165, 1.54) is 23.9 Å². The molecule has 2 amide bonds. The SMILES string of the molecule is C=CC(=O)N1C[C@@H](n2nc(C#Cc3cc4ncn(C(F)F)c4cc3F)c(C(N)=O)c2NC)C[C@@H]1COC. The Bertz CT molecular complexity index is 1440. The lowest BCUT2D eigenvalue weighted by molar-refractivity contribution is -0.127. The maximum absolute atomic E-state index is 14.7. The number of aromatic nitrogens is 4. The van der Waals surface area contributed by atoms with Crippen LogP contribution in [0.3, 0.4) is 0 Å². The summed E-state index contributed by atoms with van der Waals surface area (Å²) in [6, 6.07) is 1.58. The summed E-state index contributed by atoms with van der Waals surface area (Å²) in [6.07, 6.45) is 2.61. The smallest absolute Gasteiger partial charge is 0.320 e. The van der Waals surface area contributed by atoms with E-state index in [1.807, 2.05) is 0 Å². The monoisotopic (exact) mass is 515 g/mol.